The number of amides is 1. The molecule has 0 unspecified atom stereocenters. The first-order chi connectivity index (χ1) is 15.1. The third kappa shape index (κ3) is 5.24. The first kappa shape index (κ1) is 22.4. The fourth-order valence-electron chi connectivity index (χ4n) is 3.44. The number of nitrogens with one attached hydrogen (secondary N) is 2. The number of aromatic nitrogens is 1. The summed E-state index contributed by atoms with van der Waals surface area (Å²) < 4.78 is 11.5. The molecule has 0 radical (unpaired) electrons. The zero-order valence-electron chi connectivity index (χ0n) is 18.3. The van der Waals surface area contributed by atoms with Crippen molar-refractivity contribution in [1.82, 2.24) is 10.3 Å². The highest BCUT2D eigenvalue weighted by atomic mass is 16.5. The highest BCUT2D eigenvalue weighted by Gasteiger charge is 2.17. The van der Waals surface area contributed by atoms with Gasteiger partial charge in [0.05, 0.1) is 30.5 Å². The molecule has 0 aliphatic heterocycles. The summed E-state index contributed by atoms with van der Waals surface area (Å²) in [6.07, 6.45) is 3.24. The molecule has 1 heterocycles. The Hall–Kier alpha value is -3.32. The zero-order chi connectivity index (χ0) is 22.2. The number of carbonyl (C=O) groups excluding carboxylic acids is 1. The lowest BCUT2D eigenvalue weighted by atomic mass is 10.1. The van der Waals surface area contributed by atoms with Gasteiger partial charge in [0.2, 0.25) is 0 Å². The van der Waals surface area contributed by atoms with Gasteiger partial charge in [0.25, 0.3) is 5.91 Å². The van der Waals surface area contributed by atoms with Crippen molar-refractivity contribution in [3.8, 4) is 11.5 Å². The third-order valence-electron chi connectivity index (χ3n) is 5.08. The molecular weight excluding hydrogens is 392 g/mol. The molecule has 7 nitrogen and oxygen atoms in total. The lowest BCUT2D eigenvalue weighted by Crippen LogP contribution is -2.16. The second-order valence-electron chi connectivity index (χ2n) is 7.12. The number of ether oxygens (including phenoxy) is 2. The van der Waals surface area contributed by atoms with Gasteiger partial charge in [0.15, 0.2) is 11.5 Å². The first-order valence-corrected chi connectivity index (χ1v) is 10.6. The maximum atomic E-state index is 12.1. The summed E-state index contributed by atoms with van der Waals surface area (Å²) in [5.74, 6) is 0.644. The molecule has 0 fully saturated rings. The predicted molar refractivity (Wildman–Crippen MR) is 125 cm³/mol. The summed E-state index contributed by atoms with van der Waals surface area (Å²) in [5.41, 5.74) is 9.32. The average Bonchev–Trinajstić information content (AvgIpc) is 2.78. The van der Waals surface area contributed by atoms with E-state index in [-0.39, 0.29) is 0 Å². The monoisotopic (exact) mass is 422 g/mol. The minimum atomic E-state index is -0.548. The zero-order valence-corrected chi connectivity index (χ0v) is 18.3. The van der Waals surface area contributed by atoms with Crippen LogP contribution >= 0.6 is 0 Å². The number of fused-ring (bicyclic) bond motifs is 1. The maximum Gasteiger partial charge on any atom is 0.252 e. The van der Waals surface area contributed by atoms with E-state index in [1.54, 1.807) is 7.11 Å². The fourth-order valence-corrected chi connectivity index (χ4v) is 3.44. The summed E-state index contributed by atoms with van der Waals surface area (Å²) >= 11 is 0. The number of aryl methyl sites for hydroxylation is 1. The van der Waals surface area contributed by atoms with Crippen LogP contribution in [0.2, 0.25) is 0 Å². The Balaban J connectivity index is 2.03. The number of hydrogen-bond donors (Lipinski definition) is 3. The largest absolute Gasteiger partial charge is 0.493 e. The van der Waals surface area contributed by atoms with Crippen LogP contribution in [0.4, 0.5) is 11.4 Å². The van der Waals surface area contributed by atoms with Crippen molar-refractivity contribution < 1.29 is 14.3 Å². The molecule has 0 aliphatic carbocycles. The minimum Gasteiger partial charge on any atom is -0.493 e. The predicted octanol–water partition coefficient (Wildman–Crippen LogP) is 4.03. The number of carbonyl (C=O) groups is 1. The molecule has 7 heteroatoms. The molecule has 0 bridgehead atoms. The molecule has 1 amide bonds. The van der Waals surface area contributed by atoms with E-state index in [0.29, 0.717) is 34.9 Å². The fraction of sp³-hybridized carbons (Fsp3) is 0.333. The van der Waals surface area contributed by atoms with Crippen molar-refractivity contribution in [3.63, 3.8) is 0 Å². The molecule has 4 N–H and O–H groups in total. The Labute approximate surface area is 183 Å². The van der Waals surface area contributed by atoms with Gasteiger partial charge in [-0.15, -0.1) is 0 Å². The SMILES string of the molecule is CCNCCCOc1cc2ncc(C(N)=O)c(Nc3ccccc3CC)c2cc1OC. The first-order valence-electron chi connectivity index (χ1n) is 10.6. The van der Waals surface area contributed by atoms with E-state index >= 15 is 0 Å². The van der Waals surface area contributed by atoms with Gasteiger partial charge in [0, 0.05) is 23.3 Å². The van der Waals surface area contributed by atoms with E-state index in [1.807, 2.05) is 30.3 Å². The third-order valence-corrected chi connectivity index (χ3v) is 5.08. The number of primary amides is 1. The molecule has 0 atom stereocenters. The molecule has 3 aromatic rings. The molecule has 0 saturated carbocycles. The number of nitrogens with zero attached hydrogens (tertiary/aromatic N) is 1. The minimum absolute atomic E-state index is 0.319. The number of para-hydroxylation sites is 1. The maximum absolute atomic E-state index is 12.1. The smallest absolute Gasteiger partial charge is 0.252 e. The number of anilines is 2. The summed E-state index contributed by atoms with van der Waals surface area (Å²) in [6.45, 7) is 6.54. The van der Waals surface area contributed by atoms with E-state index < -0.39 is 5.91 Å². The molecule has 1 aromatic heterocycles. The lowest BCUT2D eigenvalue weighted by Gasteiger charge is -2.17. The van der Waals surface area contributed by atoms with Gasteiger partial charge in [-0.2, -0.15) is 0 Å². The van der Waals surface area contributed by atoms with Gasteiger partial charge in [-0.1, -0.05) is 32.0 Å². The molecule has 2 aromatic carbocycles. The highest BCUT2D eigenvalue weighted by molar-refractivity contribution is 6.08. The van der Waals surface area contributed by atoms with Crippen LogP contribution in [0.15, 0.2) is 42.6 Å². The Morgan fingerprint density at radius 1 is 1.16 bits per heavy atom. The molecule has 164 valence electrons. The van der Waals surface area contributed by atoms with Gasteiger partial charge >= 0.3 is 0 Å². The van der Waals surface area contributed by atoms with Crippen LogP contribution in [0.5, 0.6) is 11.5 Å². The van der Waals surface area contributed by atoms with Gasteiger partial charge in [-0.3, -0.25) is 9.78 Å². The summed E-state index contributed by atoms with van der Waals surface area (Å²) in [6, 6.07) is 11.7. The van der Waals surface area contributed by atoms with Gasteiger partial charge in [0.1, 0.15) is 0 Å². The van der Waals surface area contributed by atoms with Gasteiger partial charge in [-0.25, -0.2) is 0 Å². The van der Waals surface area contributed by atoms with Crippen LogP contribution < -0.4 is 25.8 Å². The van der Waals surface area contributed by atoms with Gasteiger partial charge in [-0.05, 0) is 43.6 Å². The topological polar surface area (TPSA) is 98.5 Å². The molecule has 3 rings (SSSR count). The van der Waals surface area contributed by atoms with Crippen LogP contribution in [-0.4, -0.2) is 37.7 Å². The van der Waals surface area contributed by atoms with E-state index in [2.05, 4.69) is 35.5 Å². The quantitative estimate of drug-likeness (QED) is 0.404. The number of pyridine rings is 1. The highest BCUT2D eigenvalue weighted by Crippen LogP contribution is 2.37. The summed E-state index contributed by atoms with van der Waals surface area (Å²) in [5, 5.41) is 7.42. The average molecular weight is 423 g/mol. The van der Waals surface area contributed by atoms with Crippen molar-refractivity contribution in [2.24, 2.45) is 5.73 Å². The Morgan fingerprint density at radius 3 is 2.68 bits per heavy atom. The molecule has 31 heavy (non-hydrogen) atoms. The number of rotatable bonds is 11. The summed E-state index contributed by atoms with van der Waals surface area (Å²) in [4.78, 5) is 16.6. The van der Waals surface area contributed by atoms with Crippen LogP contribution in [0.25, 0.3) is 10.9 Å². The normalized spacial score (nSPS) is 10.8. The molecule has 0 spiro atoms. The van der Waals surface area contributed by atoms with Crippen molar-refractivity contribution in [2.45, 2.75) is 26.7 Å². The number of nitrogens with two attached hydrogens (primary N) is 1. The second-order valence-corrected chi connectivity index (χ2v) is 7.12. The Bertz CT molecular complexity index is 1050. The van der Waals surface area contributed by atoms with Crippen LogP contribution in [0.3, 0.4) is 0 Å². The van der Waals surface area contributed by atoms with Crippen molar-refractivity contribution in [1.29, 1.82) is 0 Å². The number of methoxy groups -OCH3 is 1. The van der Waals surface area contributed by atoms with E-state index in [1.165, 1.54) is 6.20 Å². The van der Waals surface area contributed by atoms with E-state index in [9.17, 15) is 4.79 Å². The molecular formula is C24H30N4O3. The molecule has 0 aliphatic rings. The summed E-state index contributed by atoms with van der Waals surface area (Å²) in [7, 11) is 1.59. The Morgan fingerprint density at radius 2 is 1.97 bits per heavy atom. The lowest BCUT2D eigenvalue weighted by molar-refractivity contribution is 0.100. The standard InChI is InChI=1S/C24H30N4O3/c1-4-16-9-6-7-10-19(16)28-23-17-13-21(30-3)22(31-12-8-11-26-5-2)14-20(17)27-15-18(23)24(25)29/h6-7,9-10,13-15,26H,4-5,8,11-12H2,1-3H3,(H2,25,29)(H,27,28). The van der Waals surface area contributed by atoms with Crippen molar-refractivity contribution >= 4 is 28.2 Å². The van der Waals surface area contributed by atoms with Crippen LogP contribution in [-0.2, 0) is 6.42 Å². The second kappa shape index (κ2) is 10.6. The van der Waals surface area contributed by atoms with E-state index in [0.717, 1.165) is 42.6 Å². The van der Waals surface area contributed by atoms with Crippen molar-refractivity contribution in [2.75, 3.05) is 32.1 Å². The molecule has 0 saturated heterocycles. The number of hydrogen-bond acceptors (Lipinski definition) is 6. The van der Waals surface area contributed by atoms with E-state index in [4.69, 9.17) is 15.2 Å². The van der Waals surface area contributed by atoms with Crippen LogP contribution in [0.1, 0.15) is 36.2 Å². The Kier molecular flexibility index (Phi) is 7.67. The van der Waals surface area contributed by atoms with Crippen LogP contribution in [0, 0.1) is 0 Å². The van der Waals surface area contributed by atoms with Gasteiger partial charge < -0.3 is 25.8 Å². The van der Waals surface area contributed by atoms with Crippen molar-refractivity contribution in [3.05, 3.63) is 53.7 Å². The number of benzene rings is 2.